The summed E-state index contributed by atoms with van der Waals surface area (Å²) in [6.45, 7) is 2.07. The number of nitrogens with zero attached hydrogens (tertiary/aromatic N) is 3. The summed E-state index contributed by atoms with van der Waals surface area (Å²) in [6.07, 6.45) is 3.17. The largest absolute Gasteiger partial charge is 0.315 e. The average Bonchev–Trinajstić information content (AvgIpc) is 3.01. The molecule has 0 bridgehead atoms. The van der Waals surface area contributed by atoms with Crippen molar-refractivity contribution < 1.29 is 0 Å². The molecule has 17 heavy (non-hydrogen) atoms. The van der Waals surface area contributed by atoms with Crippen molar-refractivity contribution >= 4 is 12.4 Å². The summed E-state index contributed by atoms with van der Waals surface area (Å²) in [5, 5.41) is 11.7. The third-order valence-electron chi connectivity index (χ3n) is 2.99. The lowest BCUT2D eigenvalue weighted by molar-refractivity contribution is 0.476. The van der Waals surface area contributed by atoms with Crippen LogP contribution in [0.2, 0.25) is 0 Å². The van der Waals surface area contributed by atoms with Crippen LogP contribution < -0.4 is 5.32 Å². The van der Waals surface area contributed by atoms with Crippen molar-refractivity contribution in [3.63, 3.8) is 0 Å². The van der Waals surface area contributed by atoms with Crippen LogP contribution in [0.15, 0.2) is 36.5 Å². The Hall–Kier alpha value is -1.39. The van der Waals surface area contributed by atoms with E-state index >= 15 is 0 Å². The second-order valence-electron chi connectivity index (χ2n) is 4.10. The summed E-state index contributed by atoms with van der Waals surface area (Å²) in [7, 11) is 0. The van der Waals surface area contributed by atoms with Gasteiger partial charge in [0.05, 0.1) is 12.2 Å². The maximum Gasteiger partial charge on any atom is 0.113 e. The summed E-state index contributed by atoms with van der Waals surface area (Å²) in [4.78, 5) is 0. The van der Waals surface area contributed by atoms with Gasteiger partial charge in [0.1, 0.15) is 5.69 Å². The molecule has 4 nitrogen and oxygen atoms in total. The molecular formula is C12H15ClN4. The Morgan fingerprint density at radius 2 is 2.06 bits per heavy atom. The highest BCUT2D eigenvalue weighted by Crippen LogP contribution is 2.19. The molecule has 0 aliphatic carbocycles. The van der Waals surface area contributed by atoms with Crippen molar-refractivity contribution in [2.75, 3.05) is 13.1 Å². The lowest BCUT2D eigenvalue weighted by Crippen LogP contribution is -2.13. The summed E-state index contributed by atoms with van der Waals surface area (Å²) >= 11 is 0. The van der Waals surface area contributed by atoms with Crippen LogP contribution in [-0.4, -0.2) is 28.1 Å². The number of hydrogen-bond acceptors (Lipinski definition) is 3. The molecule has 0 saturated carbocycles. The first-order valence-corrected chi connectivity index (χ1v) is 5.61. The Morgan fingerprint density at radius 1 is 1.24 bits per heavy atom. The van der Waals surface area contributed by atoms with E-state index in [0.717, 1.165) is 30.8 Å². The molecule has 0 spiro atoms. The van der Waals surface area contributed by atoms with E-state index in [2.05, 4.69) is 27.8 Å². The van der Waals surface area contributed by atoms with E-state index in [1.807, 2.05) is 29.1 Å². The first-order valence-electron chi connectivity index (χ1n) is 5.61. The van der Waals surface area contributed by atoms with Crippen LogP contribution in [0.4, 0.5) is 0 Å². The molecule has 2 heterocycles. The smallest absolute Gasteiger partial charge is 0.113 e. The van der Waals surface area contributed by atoms with Crippen LogP contribution in [0.1, 0.15) is 12.5 Å². The Labute approximate surface area is 106 Å². The molecular weight excluding hydrogens is 236 g/mol. The minimum atomic E-state index is 0. The van der Waals surface area contributed by atoms with Gasteiger partial charge < -0.3 is 5.32 Å². The van der Waals surface area contributed by atoms with Gasteiger partial charge in [0, 0.05) is 12.1 Å². The van der Waals surface area contributed by atoms with Crippen LogP contribution in [0.5, 0.6) is 0 Å². The average molecular weight is 251 g/mol. The van der Waals surface area contributed by atoms with E-state index in [4.69, 9.17) is 0 Å². The van der Waals surface area contributed by atoms with E-state index in [1.54, 1.807) is 0 Å². The first-order chi connectivity index (χ1) is 7.93. The lowest BCUT2D eigenvalue weighted by Gasteiger charge is -2.05. The predicted octanol–water partition coefficient (Wildman–Crippen LogP) is 1.90. The second kappa shape index (κ2) is 5.29. The van der Waals surface area contributed by atoms with Gasteiger partial charge in [-0.25, -0.2) is 4.68 Å². The number of halogens is 1. The van der Waals surface area contributed by atoms with Gasteiger partial charge in [-0.2, -0.15) is 0 Å². The van der Waals surface area contributed by atoms with E-state index in [0.29, 0.717) is 6.04 Å². The zero-order valence-corrected chi connectivity index (χ0v) is 10.2. The quantitative estimate of drug-likeness (QED) is 0.885. The normalized spacial score (nSPS) is 18.9. The van der Waals surface area contributed by atoms with Gasteiger partial charge in [-0.05, 0) is 13.0 Å². The van der Waals surface area contributed by atoms with Crippen LogP contribution in [0.3, 0.4) is 0 Å². The van der Waals surface area contributed by atoms with Gasteiger partial charge in [0.25, 0.3) is 0 Å². The molecule has 2 aromatic rings. The second-order valence-corrected chi connectivity index (χ2v) is 4.10. The topological polar surface area (TPSA) is 42.7 Å². The molecule has 1 saturated heterocycles. The number of rotatable bonds is 2. The zero-order valence-electron chi connectivity index (χ0n) is 9.41. The number of aromatic nitrogens is 3. The SMILES string of the molecule is Cl.c1ccc(-c2cn(C3CCNC3)nn2)cc1. The lowest BCUT2D eigenvalue weighted by atomic mass is 10.2. The third-order valence-corrected chi connectivity index (χ3v) is 2.99. The number of nitrogens with one attached hydrogen (secondary N) is 1. The molecule has 3 rings (SSSR count). The van der Waals surface area contributed by atoms with E-state index in [1.165, 1.54) is 0 Å². The zero-order chi connectivity index (χ0) is 10.8. The van der Waals surface area contributed by atoms with Crippen molar-refractivity contribution in [3.05, 3.63) is 36.5 Å². The minimum Gasteiger partial charge on any atom is -0.315 e. The minimum absolute atomic E-state index is 0. The molecule has 1 aliphatic heterocycles. The first kappa shape index (κ1) is 12.1. The Bertz CT molecular complexity index is 462. The fraction of sp³-hybridized carbons (Fsp3) is 0.333. The molecule has 1 aromatic carbocycles. The monoisotopic (exact) mass is 250 g/mol. The Kier molecular flexibility index (Phi) is 3.76. The van der Waals surface area contributed by atoms with E-state index < -0.39 is 0 Å². The van der Waals surface area contributed by atoms with E-state index in [9.17, 15) is 0 Å². The van der Waals surface area contributed by atoms with Crippen molar-refractivity contribution in [1.29, 1.82) is 0 Å². The molecule has 0 radical (unpaired) electrons. The van der Waals surface area contributed by atoms with Crippen LogP contribution in [-0.2, 0) is 0 Å². The fourth-order valence-corrected chi connectivity index (χ4v) is 2.06. The van der Waals surface area contributed by atoms with Crippen LogP contribution >= 0.6 is 12.4 Å². The van der Waals surface area contributed by atoms with Crippen molar-refractivity contribution in [3.8, 4) is 11.3 Å². The van der Waals surface area contributed by atoms with Crippen molar-refractivity contribution in [2.24, 2.45) is 0 Å². The van der Waals surface area contributed by atoms with Crippen molar-refractivity contribution in [1.82, 2.24) is 20.3 Å². The molecule has 1 unspecified atom stereocenters. The summed E-state index contributed by atoms with van der Waals surface area (Å²) in [5.41, 5.74) is 2.08. The van der Waals surface area contributed by atoms with Gasteiger partial charge in [-0.3, -0.25) is 0 Å². The third kappa shape index (κ3) is 2.48. The van der Waals surface area contributed by atoms with Gasteiger partial charge in [-0.1, -0.05) is 35.5 Å². The highest BCUT2D eigenvalue weighted by atomic mass is 35.5. The molecule has 0 amide bonds. The van der Waals surface area contributed by atoms with E-state index in [-0.39, 0.29) is 12.4 Å². The molecule has 5 heteroatoms. The molecule has 1 aliphatic rings. The maximum atomic E-state index is 4.22. The van der Waals surface area contributed by atoms with Crippen LogP contribution in [0.25, 0.3) is 11.3 Å². The molecule has 1 N–H and O–H groups in total. The molecule has 1 aromatic heterocycles. The Balaban J connectivity index is 0.00000108. The summed E-state index contributed by atoms with van der Waals surface area (Å²) in [5.74, 6) is 0. The van der Waals surface area contributed by atoms with Gasteiger partial charge in [0.15, 0.2) is 0 Å². The standard InChI is InChI=1S/C12H14N4.ClH/c1-2-4-10(5-3-1)12-9-16(15-14-12)11-6-7-13-8-11;/h1-5,9,11,13H,6-8H2;1H. The number of benzene rings is 1. The van der Waals surface area contributed by atoms with Crippen LogP contribution in [0, 0.1) is 0 Å². The highest BCUT2D eigenvalue weighted by Gasteiger charge is 2.17. The highest BCUT2D eigenvalue weighted by molar-refractivity contribution is 5.85. The molecule has 90 valence electrons. The summed E-state index contributed by atoms with van der Waals surface area (Å²) < 4.78 is 1.97. The van der Waals surface area contributed by atoms with Gasteiger partial charge in [-0.15, -0.1) is 17.5 Å². The molecule has 1 atom stereocenters. The predicted molar refractivity (Wildman–Crippen MR) is 69.2 cm³/mol. The van der Waals surface area contributed by atoms with Gasteiger partial charge >= 0.3 is 0 Å². The molecule has 1 fully saturated rings. The Morgan fingerprint density at radius 3 is 2.76 bits per heavy atom. The van der Waals surface area contributed by atoms with Crippen molar-refractivity contribution in [2.45, 2.75) is 12.5 Å². The maximum absolute atomic E-state index is 4.22. The summed E-state index contributed by atoms with van der Waals surface area (Å²) in [6, 6.07) is 10.6. The van der Waals surface area contributed by atoms with Gasteiger partial charge in [0.2, 0.25) is 0 Å². The number of hydrogen-bond donors (Lipinski definition) is 1. The fourth-order valence-electron chi connectivity index (χ4n) is 2.06.